The molecule has 0 radical (unpaired) electrons. The fraction of sp³-hybridized carbons (Fsp3) is 0.250. The molecule has 0 heterocycles. The van der Waals surface area contributed by atoms with Gasteiger partial charge in [0.15, 0.2) is 0 Å². The Balaban J connectivity index is 2.24. The largest absolute Gasteiger partial charge is 0.507 e. The minimum atomic E-state index is -3.85. The van der Waals surface area contributed by atoms with Crippen LogP contribution in [-0.2, 0) is 17.2 Å². The molecule has 0 unspecified atom stereocenters. The summed E-state index contributed by atoms with van der Waals surface area (Å²) in [6.45, 7) is 0.125. The van der Waals surface area contributed by atoms with Crippen molar-refractivity contribution in [1.82, 2.24) is 0 Å². The molecular formula is C8H9Cl2O5P. The summed E-state index contributed by atoms with van der Waals surface area (Å²) >= 11 is 9.73. The summed E-state index contributed by atoms with van der Waals surface area (Å²) in [6, 6.07) is 9.06. The first-order valence-electron chi connectivity index (χ1n) is 4.23. The van der Waals surface area contributed by atoms with Crippen molar-refractivity contribution >= 4 is 31.6 Å². The monoisotopic (exact) mass is 286 g/mol. The first-order chi connectivity index (χ1) is 7.70. The minimum Gasteiger partial charge on any atom is -0.491 e. The molecule has 8 heteroatoms. The summed E-state index contributed by atoms with van der Waals surface area (Å²) < 4.78 is 29.0. The second kappa shape index (κ2) is 7.12. The van der Waals surface area contributed by atoms with Crippen LogP contribution in [0.25, 0.3) is 0 Å². The van der Waals surface area contributed by atoms with Gasteiger partial charge >= 0.3 is 7.82 Å². The Bertz CT molecular complexity index is 340. The lowest BCUT2D eigenvalue weighted by Gasteiger charge is -2.10. The number of hydrogen-bond acceptors (Lipinski definition) is 5. The van der Waals surface area contributed by atoms with Gasteiger partial charge < -0.3 is 4.74 Å². The van der Waals surface area contributed by atoms with Crippen LogP contribution in [0.5, 0.6) is 5.75 Å². The van der Waals surface area contributed by atoms with Crippen molar-refractivity contribution in [3.63, 3.8) is 0 Å². The molecule has 0 bridgehead atoms. The highest BCUT2D eigenvalue weighted by molar-refractivity contribution is 7.50. The van der Waals surface area contributed by atoms with E-state index in [0.717, 1.165) is 0 Å². The molecule has 0 aliphatic carbocycles. The quantitative estimate of drug-likeness (QED) is 0.567. The Labute approximate surface area is 103 Å². The third-order valence-electron chi connectivity index (χ3n) is 1.51. The van der Waals surface area contributed by atoms with Crippen molar-refractivity contribution in [3.8, 4) is 5.75 Å². The summed E-state index contributed by atoms with van der Waals surface area (Å²) in [5, 5.41) is 0. The molecule has 0 fully saturated rings. The van der Waals surface area contributed by atoms with Crippen molar-refractivity contribution in [1.29, 1.82) is 0 Å². The molecule has 0 aliphatic heterocycles. The normalized spacial score (nSPS) is 11.4. The Kier molecular flexibility index (Phi) is 6.13. The zero-order valence-corrected chi connectivity index (χ0v) is 10.5. The van der Waals surface area contributed by atoms with Gasteiger partial charge in [-0.2, -0.15) is 8.15 Å². The summed E-state index contributed by atoms with van der Waals surface area (Å²) in [5.74, 6) is 0.666. The second-order valence-electron chi connectivity index (χ2n) is 2.58. The first kappa shape index (κ1) is 13.8. The molecule has 0 aromatic heterocycles. The van der Waals surface area contributed by atoms with Crippen LogP contribution in [0, 0.1) is 0 Å². The molecular weight excluding hydrogens is 278 g/mol. The van der Waals surface area contributed by atoms with E-state index in [0.29, 0.717) is 5.75 Å². The fourth-order valence-electron chi connectivity index (χ4n) is 0.876. The van der Waals surface area contributed by atoms with E-state index in [4.69, 9.17) is 28.5 Å². The van der Waals surface area contributed by atoms with Gasteiger partial charge in [-0.25, -0.2) is 4.57 Å². The van der Waals surface area contributed by atoms with Gasteiger partial charge in [-0.15, -0.1) is 0 Å². The summed E-state index contributed by atoms with van der Waals surface area (Å²) in [6.07, 6.45) is 0. The van der Waals surface area contributed by atoms with Gasteiger partial charge in [-0.3, -0.25) is 4.52 Å². The van der Waals surface area contributed by atoms with E-state index in [2.05, 4.69) is 12.7 Å². The average molecular weight is 287 g/mol. The summed E-state index contributed by atoms with van der Waals surface area (Å²) in [7, 11) is -3.85. The Morgan fingerprint density at radius 3 is 2.25 bits per heavy atom. The molecule has 5 nitrogen and oxygen atoms in total. The van der Waals surface area contributed by atoms with E-state index in [1.165, 1.54) is 0 Å². The van der Waals surface area contributed by atoms with Crippen LogP contribution in [0.2, 0.25) is 0 Å². The Morgan fingerprint density at radius 1 is 1.06 bits per heavy atom. The summed E-state index contributed by atoms with van der Waals surface area (Å²) in [4.78, 5) is 0. The van der Waals surface area contributed by atoms with Crippen LogP contribution in [0.1, 0.15) is 0 Å². The van der Waals surface area contributed by atoms with E-state index in [9.17, 15) is 4.57 Å². The number of halogens is 2. The minimum absolute atomic E-state index is 0.0361. The molecule has 0 spiro atoms. The van der Waals surface area contributed by atoms with Gasteiger partial charge in [0.2, 0.25) is 0 Å². The molecule has 1 aromatic rings. The molecule has 16 heavy (non-hydrogen) atoms. The predicted molar refractivity (Wildman–Crippen MR) is 59.4 cm³/mol. The average Bonchev–Trinajstić information content (AvgIpc) is 2.36. The molecule has 90 valence electrons. The molecule has 0 saturated carbocycles. The van der Waals surface area contributed by atoms with E-state index in [1.54, 1.807) is 12.1 Å². The van der Waals surface area contributed by atoms with Gasteiger partial charge in [0, 0.05) is 0 Å². The molecule has 0 atom stereocenters. The van der Waals surface area contributed by atoms with E-state index in [1.807, 2.05) is 18.2 Å². The first-order valence-corrected chi connectivity index (χ1v) is 6.31. The zero-order valence-electron chi connectivity index (χ0n) is 8.05. The third kappa shape index (κ3) is 4.70. The lowest BCUT2D eigenvalue weighted by Crippen LogP contribution is -2.05. The van der Waals surface area contributed by atoms with Crippen molar-refractivity contribution in [2.45, 2.75) is 0 Å². The predicted octanol–water partition coefficient (Wildman–Crippen LogP) is 3.53. The highest BCUT2D eigenvalue weighted by Crippen LogP contribution is 2.51. The van der Waals surface area contributed by atoms with E-state index < -0.39 is 7.82 Å². The van der Waals surface area contributed by atoms with Crippen LogP contribution in [0.15, 0.2) is 30.3 Å². The Hall–Kier alpha value is -0.290. The van der Waals surface area contributed by atoms with Crippen molar-refractivity contribution in [3.05, 3.63) is 30.3 Å². The molecule has 1 aromatic carbocycles. The number of ether oxygens (including phenoxy) is 1. The van der Waals surface area contributed by atoms with Crippen LogP contribution < -0.4 is 4.74 Å². The van der Waals surface area contributed by atoms with Crippen molar-refractivity contribution < 1.29 is 22.0 Å². The van der Waals surface area contributed by atoms with Crippen LogP contribution >= 0.6 is 31.6 Å². The topological polar surface area (TPSA) is 54.0 Å². The van der Waals surface area contributed by atoms with Gasteiger partial charge in [0.25, 0.3) is 0 Å². The van der Waals surface area contributed by atoms with Crippen molar-refractivity contribution in [2.24, 2.45) is 0 Å². The number of para-hydroxylation sites is 1. The lowest BCUT2D eigenvalue weighted by atomic mass is 10.3. The van der Waals surface area contributed by atoms with E-state index >= 15 is 0 Å². The number of rotatable bonds is 7. The molecule has 1 rings (SSSR count). The SMILES string of the molecule is O=P(OCl)(OCl)OCCOc1ccccc1. The zero-order chi connectivity index (χ0) is 11.9. The number of phosphoric acid groups is 1. The maximum atomic E-state index is 11.2. The maximum Gasteiger partial charge on any atom is 0.507 e. The highest BCUT2D eigenvalue weighted by Gasteiger charge is 2.26. The second-order valence-corrected chi connectivity index (χ2v) is 4.84. The lowest BCUT2D eigenvalue weighted by molar-refractivity contribution is 0.174. The molecule has 0 saturated heterocycles. The van der Waals surface area contributed by atoms with E-state index in [-0.39, 0.29) is 13.2 Å². The fourth-order valence-corrected chi connectivity index (χ4v) is 1.77. The Morgan fingerprint density at radius 2 is 1.69 bits per heavy atom. The van der Waals surface area contributed by atoms with Crippen LogP contribution in [0.4, 0.5) is 0 Å². The van der Waals surface area contributed by atoms with Crippen LogP contribution in [0.3, 0.4) is 0 Å². The molecule has 0 aliphatic rings. The van der Waals surface area contributed by atoms with Gasteiger partial charge in [0.05, 0.1) is 30.3 Å². The van der Waals surface area contributed by atoms with Crippen LogP contribution in [-0.4, -0.2) is 13.2 Å². The molecule has 0 amide bonds. The smallest absolute Gasteiger partial charge is 0.491 e. The number of benzene rings is 1. The standard InChI is InChI=1S/C8H9Cl2O5P/c9-14-16(11,15-10)13-7-6-12-8-4-2-1-3-5-8/h1-5H,6-7H2. The van der Waals surface area contributed by atoms with Gasteiger partial charge in [-0.05, 0) is 12.1 Å². The third-order valence-corrected chi connectivity index (χ3v) is 3.36. The highest BCUT2D eigenvalue weighted by atomic mass is 35.5. The summed E-state index contributed by atoms with van der Waals surface area (Å²) in [5.41, 5.74) is 0. The van der Waals surface area contributed by atoms with Gasteiger partial charge in [-0.1, -0.05) is 18.2 Å². The molecule has 0 N–H and O–H groups in total. The van der Waals surface area contributed by atoms with Crippen molar-refractivity contribution in [2.75, 3.05) is 13.2 Å². The van der Waals surface area contributed by atoms with Gasteiger partial charge in [0.1, 0.15) is 12.4 Å². The number of hydrogen-bond donors (Lipinski definition) is 0. The maximum absolute atomic E-state index is 11.2.